The van der Waals surface area contributed by atoms with Crippen LogP contribution in [-0.4, -0.2) is 17.5 Å². The Morgan fingerprint density at radius 2 is 1.42 bits per heavy atom. The van der Waals surface area contributed by atoms with Gasteiger partial charge in [-0.25, -0.2) is 4.74 Å². The second-order valence-electron chi connectivity index (χ2n) is 5.46. The number of hydrogen-bond donors (Lipinski definition) is 0. The zero-order valence-corrected chi connectivity index (χ0v) is 14.2. The van der Waals surface area contributed by atoms with Crippen LogP contribution in [0.3, 0.4) is 0 Å². The van der Waals surface area contributed by atoms with E-state index in [1.165, 1.54) is 10.5 Å². The van der Waals surface area contributed by atoms with Gasteiger partial charge in [-0.3, -0.25) is 0 Å². The molecule has 120 valence electrons. The third-order valence-corrected chi connectivity index (χ3v) is 4.74. The van der Waals surface area contributed by atoms with Crippen molar-refractivity contribution in [3.63, 3.8) is 0 Å². The highest BCUT2D eigenvalue weighted by atomic mass is 32.2. The first-order chi connectivity index (χ1) is 11.8. The van der Waals surface area contributed by atoms with Crippen LogP contribution < -0.4 is 0 Å². The minimum Gasteiger partial charge on any atom is -0.624 e. The molecule has 0 saturated heterocycles. The van der Waals surface area contributed by atoms with Gasteiger partial charge < -0.3 is 5.21 Å². The van der Waals surface area contributed by atoms with Crippen molar-refractivity contribution < 1.29 is 4.74 Å². The third kappa shape index (κ3) is 4.74. The summed E-state index contributed by atoms with van der Waals surface area (Å²) in [5, 5.41) is 12.2. The maximum absolute atomic E-state index is 12.2. The number of benzene rings is 3. The van der Waals surface area contributed by atoms with Crippen LogP contribution in [0.1, 0.15) is 11.1 Å². The summed E-state index contributed by atoms with van der Waals surface area (Å²) in [4.78, 5) is 2.25. The average Bonchev–Trinajstić information content (AvgIpc) is 2.63. The van der Waals surface area contributed by atoms with Gasteiger partial charge in [0, 0.05) is 16.2 Å². The highest BCUT2D eigenvalue weighted by molar-refractivity contribution is 7.99. The molecule has 3 aromatic carbocycles. The van der Waals surface area contributed by atoms with Gasteiger partial charge >= 0.3 is 0 Å². The zero-order chi connectivity index (χ0) is 16.6. The Labute approximate surface area is 147 Å². The Bertz CT molecular complexity index is 800. The summed E-state index contributed by atoms with van der Waals surface area (Å²) >= 11 is 1.67. The fraction of sp³-hybridized carbons (Fsp3) is 0.0952. The van der Waals surface area contributed by atoms with Crippen LogP contribution in [0.25, 0.3) is 0 Å². The van der Waals surface area contributed by atoms with E-state index in [1.54, 1.807) is 18.0 Å². The van der Waals surface area contributed by atoms with Crippen LogP contribution in [0.5, 0.6) is 0 Å². The second kappa shape index (κ2) is 8.37. The predicted molar refractivity (Wildman–Crippen MR) is 101 cm³/mol. The third-order valence-electron chi connectivity index (χ3n) is 3.64. The normalized spacial score (nSPS) is 11.4. The number of hydroxylamine groups is 1. The highest BCUT2D eigenvalue weighted by Gasteiger charge is 2.05. The van der Waals surface area contributed by atoms with E-state index in [9.17, 15) is 5.21 Å². The molecule has 24 heavy (non-hydrogen) atoms. The summed E-state index contributed by atoms with van der Waals surface area (Å²) < 4.78 is 1.03. The van der Waals surface area contributed by atoms with Crippen molar-refractivity contribution in [3.8, 4) is 0 Å². The van der Waals surface area contributed by atoms with E-state index in [-0.39, 0.29) is 0 Å². The molecule has 0 bridgehead atoms. The SMILES string of the molecule is [O-][N+](=Cc1ccccc1Sc1ccccc1)CCc1ccccc1. The molecule has 0 heterocycles. The van der Waals surface area contributed by atoms with E-state index in [0.717, 1.165) is 21.6 Å². The van der Waals surface area contributed by atoms with Gasteiger partial charge in [-0.05, 0) is 29.8 Å². The molecule has 3 rings (SSSR count). The molecule has 0 aromatic heterocycles. The van der Waals surface area contributed by atoms with Crippen LogP contribution in [0.2, 0.25) is 0 Å². The van der Waals surface area contributed by atoms with Crippen molar-refractivity contribution in [2.75, 3.05) is 6.54 Å². The summed E-state index contributed by atoms with van der Waals surface area (Å²) in [6.07, 6.45) is 2.43. The van der Waals surface area contributed by atoms with Gasteiger partial charge in [-0.15, -0.1) is 0 Å². The Morgan fingerprint density at radius 3 is 2.17 bits per heavy atom. The molecule has 3 aromatic rings. The van der Waals surface area contributed by atoms with Gasteiger partial charge in [0.25, 0.3) is 0 Å². The first-order valence-corrected chi connectivity index (χ1v) is 8.77. The van der Waals surface area contributed by atoms with E-state index in [4.69, 9.17) is 0 Å². The smallest absolute Gasteiger partial charge is 0.182 e. The molecule has 0 spiro atoms. The van der Waals surface area contributed by atoms with Gasteiger partial charge in [0.1, 0.15) is 0 Å². The van der Waals surface area contributed by atoms with Crippen LogP contribution in [0, 0.1) is 5.21 Å². The molecule has 0 aliphatic rings. The Kier molecular flexibility index (Phi) is 5.70. The van der Waals surface area contributed by atoms with Crippen molar-refractivity contribution >= 4 is 18.0 Å². The lowest BCUT2D eigenvalue weighted by Gasteiger charge is -2.07. The second-order valence-corrected chi connectivity index (χ2v) is 6.57. The molecule has 0 N–H and O–H groups in total. The van der Waals surface area contributed by atoms with E-state index in [1.807, 2.05) is 66.7 Å². The van der Waals surface area contributed by atoms with E-state index in [2.05, 4.69) is 18.2 Å². The van der Waals surface area contributed by atoms with E-state index in [0.29, 0.717) is 6.54 Å². The molecule has 3 heteroatoms. The van der Waals surface area contributed by atoms with Crippen LogP contribution in [-0.2, 0) is 6.42 Å². The summed E-state index contributed by atoms with van der Waals surface area (Å²) in [6, 6.07) is 28.3. The Balaban J connectivity index is 1.72. The van der Waals surface area contributed by atoms with Crippen LogP contribution in [0.4, 0.5) is 0 Å². The molecule has 0 aliphatic carbocycles. The minimum atomic E-state index is 0.453. The van der Waals surface area contributed by atoms with Gasteiger partial charge in [0.05, 0.1) is 5.56 Å². The molecule has 0 saturated carbocycles. The Morgan fingerprint density at radius 1 is 0.792 bits per heavy atom. The van der Waals surface area contributed by atoms with E-state index < -0.39 is 0 Å². The van der Waals surface area contributed by atoms with Crippen LogP contribution >= 0.6 is 11.8 Å². The molecule has 0 atom stereocenters. The van der Waals surface area contributed by atoms with Crippen molar-refractivity contribution in [1.29, 1.82) is 0 Å². The molecular formula is C21H19NOS. The highest BCUT2D eigenvalue weighted by Crippen LogP contribution is 2.29. The Hall–Kier alpha value is -2.52. The first-order valence-electron chi connectivity index (χ1n) is 7.96. The largest absolute Gasteiger partial charge is 0.624 e. The molecule has 0 aliphatic heterocycles. The quantitative estimate of drug-likeness (QED) is 0.274. The molecule has 2 nitrogen and oxygen atoms in total. The number of rotatable bonds is 6. The molecule has 0 unspecified atom stereocenters. The van der Waals surface area contributed by atoms with Gasteiger partial charge in [0.15, 0.2) is 12.8 Å². The van der Waals surface area contributed by atoms with Gasteiger partial charge in [-0.2, -0.15) is 0 Å². The summed E-state index contributed by atoms with van der Waals surface area (Å²) in [5.41, 5.74) is 2.13. The standard InChI is InChI=1S/C21H19NOS/c23-22(16-15-18-9-3-1-4-10-18)17-19-11-7-8-14-21(19)24-20-12-5-2-6-13-20/h1-14,17H,15-16H2. The van der Waals surface area contributed by atoms with Gasteiger partial charge in [0.2, 0.25) is 0 Å². The maximum Gasteiger partial charge on any atom is 0.182 e. The van der Waals surface area contributed by atoms with Crippen molar-refractivity contribution in [2.24, 2.45) is 0 Å². The molecular weight excluding hydrogens is 314 g/mol. The zero-order valence-electron chi connectivity index (χ0n) is 13.3. The lowest BCUT2D eigenvalue weighted by atomic mass is 10.1. The molecule has 0 fully saturated rings. The maximum atomic E-state index is 12.2. The van der Waals surface area contributed by atoms with Crippen molar-refractivity contribution in [1.82, 2.24) is 0 Å². The van der Waals surface area contributed by atoms with E-state index >= 15 is 0 Å². The summed E-state index contributed by atoms with van der Waals surface area (Å²) in [5.74, 6) is 0. The number of nitrogens with zero attached hydrogens (tertiary/aromatic N) is 1. The topological polar surface area (TPSA) is 26.1 Å². The van der Waals surface area contributed by atoms with Crippen molar-refractivity contribution in [3.05, 3.63) is 101 Å². The monoisotopic (exact) mass is 333 g/mol. The molecule has 0 radical (unpaired) electrons. The van der Waals surface area contributed by atoms with Crippen LogP contribution in [0.15, 0.2) is 94.7 Å². The van der Waals surface area contributed by atoms with Crippen molar-refractivity contribution in [2.45, 2.75) is 16.2 Å². The lowest BCUT2D eigenvalue weighted by molar-refractivity contribution is -0.451. The fourth-order valence-electron chi connectivity index (χ4n) is 2.40. The number of hydrogen-bond acceptors (Lipinski definition) is 2. The summed E-state index contributed by atoms with van der Waals surface area (Å²) in [6.45, 7) is 0.453. The summed E-state index contributed by atoms with van der Waals surface area (Å²) in [7, 11) is 0. The minimum absolute atomic E-state index is 0.453. The lowest BCUT2D eigenvalue weighted by Crippen LogP contribution is -2.10. The molecule has 0 amide bonds. The predicted octanol–water partition coefficient (Wildman–Crippen LogP) is 5.01. The fourth-order valence-corrected chi connectivity index (χ4v) is 3.33. The first kappa shape index (κ1) is 16.3. The van der Waals surface area contributed by atoms with Gasteiger partial charge in [-0.1, -0.05) is 72.4 Å². The average molecular weight is 333 g/mol.